The molecule has 1 aromatic heterocycles. The lowest BCUT2D eigenvalue weighted by Gasteiger charge is -2.37. The van der Waals surface area contributed by atoms with E-state index in [2.05, 4.69) is 61.4 Å². The van der Waals surface area contributed by atoms with Crippen LogP contribution in [0, 0.1) is 6.92 Å². The van der Waals surface area contributed by atoms with Gasteiger partial charge in [-0.05, 0) is 53.5 Å². The topological polar surface area (TPSA) is 24.9 Å². The first kappa shape index (κ1) is 14.3. The van der Waals surface area contributed by atoms with Gasteiger partial charge in [-0.1, -0.05) is 38.1 Å². The van der Waals surface area contributed by atoms with Gasteiger partial charge in [0.2, 0.25) is 0 Å². The van der Waals surface area contributed by atoms with Gasteiger partial charge in [-0.15, -0.1) is 0 Å². The summed E-state index contributed by atoms with van der Waals surface area (Å²) in [7, 11) is 0. The molecule has 1 aliphatic carbocycles. The Morgan fingerprint density at radius 1 is 1.24 bits per heavy atom. The first-order valence-electron chi connectivity index (χ1n) is 7.80. The summed E-state index contributed by atoms with van der Waals surface area (Å²) < 4.78 is 0. The van der Waals surface area contributed by atoms with Crippen molar-refractivity contribution in [2.75, 3.05) is 0 Å². The van der Waals surface area contributed by atoms with Crippen molar-refractivity contribution in [1.82, 2.24) is 10.3 Å². The zero-order valence-electron chi connectivity index (χ0n) is 13.2. The minimum Gasteiger partial charge on any atom is -0.306 e. The minimum absolute atomic E-state index is 0.293. The van der Waals surface area contributed by atoms with Crippen LogP contribution in [0.5, 0.6) is 0 Å². The fourth-order valence-electron chi connectivity index (χ4n) is 3.36. The highest BCUT2D eigenvalue weighted by Gasteiger charge is 2.31. The Hall–Kier alpha value is -1.67. The number of nitrogens with one attached hydrogen (secondary N) is 1. The highest BCUT2D eigenvalue weighted by molar-refractivity contribution is 5.38. The second-order valence-electron chi connectivity index (χ2n) is 6.75. The number of benzene rings is 1. The molecule has 2 heteroatoms. The van der Waals surface area contributed by atoms with Gasteiger partial charge in [0, 0.05) is 25.0 Å². The summed E-state index contributed by atoms with van der Waals surface area (Å²) in [4.78, 5) is 4.17. The molecule has 1 N–H and O–H groups in total. The smallest absolute Gasteiger partial charge is 0.0326 e. The van der Waals surface area contributed by atoms with Gasteiger partial charge in [0.05, 0.1) is 0 Å². The van der Waals surface area contributed by atoms with Crippen molar-refractivity contribution >= 4 is 0 Å². The predicted molar refractivity (Wildman–Crippen MR) is 87.3 cm³/mol. The second-order valence-corrected chi connectivity index (χ2v) is 6.75. The van der Waals surface area contributed by atoms with E-state index < -0.39 is 0 Å². The Labute approximate surface area is 127 Å². The number of pyridine rings is 1. The molecule has 3 rings (SSSR count). The van der Waals surface area contributed by atoms with Crippen LogP contribution in [0.3, 0.4) is 0 Å². The third kappa shape index (κ3) is 2.86. The minimum atomic E-state index is 0.293. The molecule has 21 heavy (non-hydrogen) atoms. The maximum Gasteiger partial charge on any atom is 0.0326 e. The van der Waals surface area contributed by atoms with Gasteiger partial charge in [0.15, 0.2) is 0 Å². The fraction of sp³-hybridized carbons (Fsp3) is 0.421. The monoisotopic (exact) mass is 280 g/mol. The SMILES string of the molecule is Cc1cnccc1CNC1CCC(C)(C)c2ccccc21. The highest BCUT2D eigenvalue weighted by atomic mass is 14.9. The molecule has 1 aromatic carbocycles. The Kier molecular flexibility index (Phi) is 3.81. The van der Waals surface area contributed by atoms with E-state index in [9.17, 15) is 0 Å². The zero-order chi connectivity index (χ0) is 14.9. The molecule has 0 spiro atoms. The lowest BCUT2D eigenvalue weighted by atomic mass is 9.71. The van der Waals surface area contributed by atoms with E-state index in [-0.39, 0.29) is 0 Å². The summed E-state index contributed by atoms with van der Waals surface area (Å²) in [6, 6.07) is 11.5. The fourth-order valence-corrected chi connectivity index (χ4v) is 3.36. The molecule has 0 fully saturated rings. The largest absolute Gasteiger partial charge is 0.306 e. The van der Waals surface area contributed by atoms with E-state index in [1.807, 2.05) is 12.4 Å². The van der Waals surface area contributed by atoms with Crippen LogP contribution in [0.2, 0.25) is 0 Å². The molecule has 1 atom stereocenters. The van der Waals surface area contributed by atoms with E-state index in [4.69, 9.17) is 0 Å². The van der Waals surface area contributed by atoms with Crippen molar-refractivity contribution in [3.63, 3.8) is 0 Å². The van der Waals surface area contributed by atoms with Crippen molar-refractivity contribution in [2.24, 2.45) is 0 Å². The van der Waals surface area contributed by atoms with Gasteiger partial charge in [-0.3, -0.25) is 4.98 Å². The van der Waals surface area contributed by atoms with E-state index in [1.54, 1.807) is 0 Å². The third-order valence-electron chi connectivity index (χ3n) is 4.80. The van der Waals surface area contributed by atoms with Crippen LogP contribution in [-0.2, 0) is 12.0 Å². The van der Waals surface area contributed by atoms with Gasteiger partial charge >= 0.3 is 0 Å². The normalized spacial score (nSPS) is 20.0. The van der Waals surface area contributed by atoms with E-state index in [0.29, 0.717) is 11.5 Å². The van der Waals surface area contributed by atoms with Crippen molar-refractivity contribution in [3.8, 4) is 0 Å². The second kappa shape index (κ2) is 5.61. The van der Waals surface area contributed by atoms with E-state index in [1.165, 1.54) is 35.1 Å². The van der Waals surface area contributed by atoms with Gasteiger partial charge in [-0.25, -0.2) is 0 Å². The van der Waals surface area contributed by atoms with Crippen LogP contribution >= 0.6 is 0 Å². The highest BCUT2D eigenvalue weighted by Crippen LogP contribution is 2.41. The summed E-state index contributed by atoms with van der Waals surface area (Å²) in [5.41, 5.74) is 5.86. The van der Waals surface area contributed by atoms with E-state index in [0.717, 1.165) is 6.54 Å². The molecule has 110 valence electrons. The van der Waals surface area contributed by atoms with Gasteiger partial charge < -0.3 is 5.32 Å². The van der Waals surface area contributed by atoms with Crippen LogP contribution in [0.4, 0.5) is 0 Å². The summed E-state index contributed by atoms with van der Waals surface area (Å²) in [5.74, 6) is 0. The predicted octanol–water partition coefficient (Wildman–Crippen LogP) is 4.29. The summed E-state index contributed by atoms with van der Waals surface area (Å²) in [6.07, 6.45) is 6.25. The molecule has 1 aliphatic rings. The first-order chi connectivity index (χ1) is 10.1. The molecule has 0 aliphatic heterocycles. The number of aryl methyl sites for hydroxylation is 1. The molecule has 2 aromatic rings. The number of nitrogens with zero attached hydrogens (tertiary/aromatic N) is 1. The average Bonchev–Trinajstić information content (AvgIpc) is 2.48. The van der Waals surface area contributed by atoms with Crippen molar-refractivity contribution in [2.45, 2.75) is 51.6 Å². The molecule has 1 heterocycles. The molecule has 2 nitrogen and oxygen atoms in total. The summed E-state index contributed by atoms with van der Waals surface area (Å²) >= 11 is 0. The quantitative estimate of drug-likeness (QED) is 0.907. The molecule has 0 bridgehead atoms. The molecule has 0 saturated carbocycles. The van der Waals surface area contributed by atoms with E-state index >= 15 is 0 Å². The van der Waals surface area contributed by atoms with Crippen LogP contribution in [0.15, 0.2) is 42.7 Å². The average molecular weight is 280 g/mol. The zero-order valence-corrected chi connectivity index (χ0v) is 13.2. The Bertz CT molecular complexity index is 631. The molecular formula is C19H24N2. The van der Waals surface area contributed by atoms with Crippen LogP contribution in [0.25, 0.3) is 0 Å². The molecule has 0 amide bonds. The van der Waals surface area contributed by atoms with Gasteiger partial charge in [0.25, 0.3) is 0 Å². The van der Waals surface area contributed by atoms with Crippen molar-refractivity contribution < 1.29 is 0 Å². The number of hydrogen-bond acceptors (Lipinski definition) is 2. The first-order valence-corrected chi connectivity index (χ1v) is 7.80. The Balaban J connectivity index is 1.80. The lowest BCUT2D eigenvalue weighted by molar-refractivity contribution is 0.357. The summed E-state index contributed by atoms with van der Waals surface area (Å²) in [5, 5.41) is 3.74. The van der Waals surface area contributed by atoms with Gasteiger partial charge in [0.1, 0.15) is 0 Å². The third-order valence-corrected chi connectivity index (χ3v) is 4.80. The maximum absolute atomic E-state index is 4.17. The number of aromatic nitrogens is 1. The van der Waals surface area contributed by atoms with Crippen LogP contribution < -0.4 is 5.32 Å². The Morgan fingerprint density at radius 3 is 2.86 bits per heavy atom. The van der Waals surface area contributed by atoms with Gasteiger partial charge in [-0.2, -0.15) is 0 Å². The summed E-state index contributed by atoms with van der Waals surface area (Å²) in [6.45, 7) is 7.75. The number of fused-ring (bicyclic) bond motifs is 1. The lowest BCUT2D eigenvalue weighted by Crippen LogP contribution is -2.32. The molecule has 1 unspecified atom stereocenters. The van der Waals surface area contributed by atoms with Crippen molar-refractivity contribution in [1.29, 1.82) is 0 Å². The molecule has 0 saturated heterocycles. The Morgan fingerprint density at radius 2 is 2.05 bits per heavy atom. The molecule has 0 radical (unpaired) electrons. The maximum atomic E-state index is 4.17. The number of hydrogen-bond donors (Lipinski definition) is 1. The molecular weight excluding hydrogens is 256 g/mol. The van der Waals surface area contributed by atoms with Crippen molar-refractivity contribution in [3.05, 3.63) is 65.0 Å². The standard InChI is InChI=1S/C19H24N2/c1-14-12-20-11-9-15(14)13-21-18-8-10-19(2,3)17-7-5-4-6-16(17)18/h4-7,9,11-12,18,21H,8,10,13H2,1-3H3. The van der Waals surface area contributed by atoms with Crippen LogP contribution in [0.1, 0.15) is 55.0 Å². The number of rotatable bonds is 3. The van der Waals surface area contributed by atoms with Crippen LogP contribution in [-0.4, -0.2) is 4.98 Å².